The van der Waals surface area contributed by atoms with Gasteiger partial charge in [-0.25, -0.2) is 10.4 Å². The van der Waals surface area contributed by atoms with Crippen molar-refractivity contribution in [3.05, 3.63) is 175 Å². The van der Waals surface area contributed by atoms with Crippen molar-refractivity contribution in [3.63, 3.8) is 0 Å². The maximum Gasteiger partial charge on any atom is 0.232 e. The lowest BCUT2D eigenvalue weighted by Crippen LogP contribution is -2.44. The number of aliphatic imine (C=N–C) groups is 1. The van der Waals surface area contributed by atoms with Crippen molar-refractivity contribution in [3.8, 4) is 0 Å². The zero-order valence-corrected chi connectivity index (χ0v) is 26.5. The van der Waals surface area contributed by atoms with Crippen LogP contribution in [0.2, 0.25) is 0 Å². The first-order chi connectivity index (χ1) is 22.7. The van der Waals surface area contributed by atoms with Gasteiger partial charge in [-0.3, -0.25) is 5.43 Å². The van der Waals surface area contributed by atoms with Gasteiger partial charge in [0.05, 0.1) is 16.6 Å². The Morgan fingerprint density at radius 1 is 0.739 bits per heavy atom. The van der Waals surface area contributed by atoms with E-state index in [1.165, 1.54) is 5.56 Å². The van der Waals surface area contributed by atoms with Crippen LogP contribution in [0.15, 0.2) is 173 Å². The number of nitrogens with zero attached hydrogens (tertiary/aromatic N) is 2. The van der Waals surface area contributed by atoms with Crippen LogP contribution in [0, 0.1) is 0 Å². The van der Waals surface area contributed by atoms with E-state index in [1.54, 1.807) is 11.8 Å². The normalized spacial score (nSPS) is 14.7. The number of guanidine groups is 1. The molecule has 0 saturated carbocycles. The van der Waals surface area contributed by atoms with Crippen molar-refractivity contribution in [2.45, 2.75) is 16.2 Å². The highest BCUT2D eigenvalue weighted by molar-refractivity contribution is 7.99. The quantitative estimate of drug-likeness (QED) is 0.0601. The molecule has 6 rings (SSSR count). The number of anilines is 2. The molecule has 7 nitrogen and oxygen atoms in total. The summed E-state index contributed by atoms with van der Waals surface area (Å²) >= 11 is 7.34. The third-order valence-corrected chi connectivity index (χ3v) is 8.58. The molecule has 5 N–H and O–H groups in total. The number of hydrogen-bond acceptors (Lipinski definition) is 7. The summed E-state index contributed by atoms with van der Waals surface area (Å²) < 4.78 is 0. The predicted molar refractivity (Wildman–Crippen MR) is 196 cm³/mol. The summed E-state index contributed by atoms with van der Waals surface area (Å²) in [6.45, 7) is 0. The van der Waals surface area contributed by atoms with Crippen LogP contribution in [0.1, 0.15) is 28.0 Å². The van der Waals surface area contributed by atoms with Gasteiger partial charge < -0.3 is 16.1 Å². The predicted octanol–water partition coefficient (Wildman–Crippen LogP) is 8.04. The molecular weight excluding hydrogens is 607 g/mol. The van der Waals surface area contributed by atoms with Crippen LogP contribution in [-0.4, -0.2) is 16.8 Å². The maximum absolute atomic E-state index is 5.62. The highest BCUT2D eigenvalue weighted by Crippen LogP contribution is 2.40. The van der Waals surface area contributed by atoms with Crippen molar-refractivity contribution < 1.29 is 0 Å². The first-order valence-corrected chi connectivity index (χ1v) is 16.2. The van der Waals surface area contributed by atoms with Gasteiger partial charge in [0.1, 0.15) is 6.04 Å². The van der Waals surface area contributed by atoms with Crippen LogP contribution in [0.3, 0.4) is 0 Å². The zero-order valence-electron chi connectivity index (χ0n) is 24.9. The average molecular weight is 640 g/mol. The van der Waals surface area contributed by atoms with Gasteiger partial charge in [0, 0.05) is 22.3 Å². The second-order valence-corrected chi connectivity index (χ2v) is 11.9. The van der Waals surface area contributed by atoms with E-state index in [1.807, 2.05) is 109 Å². The van der Waals surface area contributed by atoms with Gasteiger partial charge in [0.15, 0.2) is 5.11 Å². The van der Waals surface area contributed by atoms with Crippen molar-refractivity contribution in [1.29, 1.82) is 0 Å². The molecule has 5 aromatic carbocycles. The summed E-state index contributed by atoms with van der Waals surface area (Å²) in [5.41, 5.74) is 15.4. The van der Waals surface area contributed by atoms with Crippen LogP contribution in [0.25, 0.3) is 0 Å². The van der Waals surface area contributed by atoms with Crippen molar-refractivity contribution in [1.82, 2.24) is 16.3 Å². The smallest absolute Gasteiger partial charge is 0.232 e. The molecule has 46 heavy (non-hydrogen) atoms. The van der Waals surface area contributed by atoms with Crippen LogP contribution < -0.4 is 26.9 Å². The molecule has 0 spiro atoms. The number of hydrazone groups is 1. The summed E-state index contributed by atoms with van der Waals surface area (Å²) in [5, 5.41) is 11.9. The van der Waals surface area contributed by atoms with Crippen LogP contribution in [0.4, 0.5) is 11.4 Å². The Bertz CT molecular complexity index is 1810. The third kappa shape index (κ3) is 8.20. The van der Waals surface area contributed by atoms with Gasteiger partial charge in [0.2, 0.25) is 5.96 Å². The SMILES string of the molecule is S=C(Nc1ccccc1)Nc1ccccc1S[C@@H](/C=C\NNC1=N[C@@H](c2ccccc2)C(c2ccccc2)=NN1)c1ccccc1. The molecule has 1 heterocycles. The summed E-state index contributed by atoms with van der Waals surface area (Å²) in [6.07, 6.45) is 4.00. The number of rotatable bonds is 10. The molecule has 0 unspecified atom stereocenters. The fraction of sp³-hybridized carbons (Fsp3) is 0.0541. The highest BCUT2D eigenvalue weighted by atomic mass is 32.2. The largest absolute Gasteiger partial charge is 0.332 e. The number of hydrogen-bond donors (Lipinski definition) is 5. The topological polar surface area (TPSA) is 84.9 Å². The van der Waals surface area contributed by atoms with Gasteiger partial charge in [-0.2, -0.15) is 5.10 Å². The summed E-state index contributed by atoms with van der Waals surface area (Å²) in [7, 11) is 0. The zero-order chi connectivity index (χ0) is 31.4. The van der Waals surface area contributed by atoms with E-state index < -0.39 is 0 Å². The molecule has 0 aromatic heterocycles. The van der Waals surface area contributed by atoms with Crippen LogP contribution >= 0.6 is 24.0 Å². The van der Waals surface area contributed by atoms with E-state index in [0.717, 1.165) is 33.1 Å². The number of hydrazine groups is 1. The second kappa shape index (κ2) is 15.6. The Morgan fingerprint density at radius 3 is 2.11 bits per heavy atom. The van der Waals surface area contributed by atoms with Crippen LogP contribution in [0.5, 0.6) is 0 Å². The molecule has 2 atom stereocenters. The van der Waals surface area contributed by atoms with Crippen molar-refractivity contribution in [2.24, 2.45) is 10.1 Å². The minimum atomic E-state index is -0.253. The average Bonchev–Trinajstić information content (AvgIpc) is 3.12. The lowest BCUT2D eigenvalue weighted by atomic mass is 9.97. The molecule has 0 bridgehead atoms. The van der Waals surface area contributed by atoms with Crippen molar-refractivity contribution >= 4 is 52.1 Å². The Labute approximate surface area is 278 Å². The summed E-state index contributed by atoms with van der Waals surface area (Å²) in [4.78, 5) is 6.02. The van der Waals surface area contributed by atoms with Gasteiger partial charge in [-0.15, -0.1) is 11.8 Å². The Morgan fingerprint density at radius 2 is 1.37 bits per heavy atom. The number of benzene rings is 5. The van der Waals surface area contributed by atoms with E-state index in [4.69, 9.17) is 22.3 Å². The lowest BCUT2D eigenvalue weighted by Gasteiger charge is -2.23. The molecular formula is C37H33N7S2. The molecule has 0 saturated heterocycles. The standard InChI is InChI=1S/C37H33N7S2/c45-37(39-30-21-11-4-12-22-30)40-31-23-13-14-24-33(31)46-32(27-15-5-1-6-16-27)25-26-38-43-36-41-34(28-17-7-2-8-18-28)35(42-44-36)29-19-9-3-10-20-29/h1-26,32,34,38H,(H2,39,40,45)(H2,41,43,44)/b26-25-/t32-,34-/m0/s1. The van der Waals surface area contributed by atoms with Gasteiger partial charge in [-0.1, -0.05) is 121 Å². The van der Waals surface area contributed by atoms with Crippen molar-refractivity contribution in [2.75, 3.05) is 10.6 Å². The fourth-order valence-electron chi connectivity index (χ4n) is 4.88. The van der Waals surface area contributed by atoms with E-state index >= 15 is 0 Å². The molecule has 0 fully saturated rings. The minimum Gasteiger partial charge on any atom is -0.332 e. The lowest BCUT2D eigenvalue weighted by molar-refractivity contribution is 0.735. The fourth-order valence-corrected chi connectivity index (χ4v) is 6.23. The first kappa shape index (κ1) is 30.6. The van der Waals surface area contributed by atoms with Gasteiger partial charge >= 0.3 is 0 Å². The van der Waals surface area contributed by atoms with E-state index in [2.05, 4.69) is 75.5 Å². The van der Waals surface area contributed by atoms with Gasteiger partial charge in [0.25, 0.3) is 0 Å². The summed E-state index contributed by atoms with van der Waals surface area (Å²) in [5.74, 6) is 0.524. The minimum absolute atomic E-state index is 0.00938. The second-order valence-electron chi connectivity index (χ2n) is 10.3. The Kier molecular flexibility index (Phi) is 10.4. The molecule has 0 amide bonds. The Balaban J connectivity index is 1.15. The number of thioether (sulfide) groups is 1. The first-order valence-electron chi connectivity index (χ1n) is 14.9. The summed E-state index contributed by atoms with van der Waals surface area (Å²) in [6, 6.07) is 48.5. The molecule has 5 aromatic rings. The van der Waals surface area contributed by atoms with Gasteiger partial charge in [-0.05, 0) is 53.7 Å². The molecule has 228 valence electrons. The van der Waals surface area contributed by atoms with Crippen LogP contribution in [-0.2, 0) is 0 Å². The van der Waals surface area contributed by atoms with E-state index in [-0.39, 0.29) is 11.3 Å². The molecule has 0 aliphatic carbocycles. The molecule has 1 aliphatic heterocycles. The highest BCUT2D eigenvalue weighted by Gasteiger charge is 2.24. The van der Waals surface area contributed by atoms with E-state index in [0.29, 0.717) is 11.1 Å². The monoisotopic (exact) mass is 639 g/mol. The molecule has 1 aliphatic rings. The third-order valence-electron chi connectivity index (χ3n) is 7.08. The Hall–Kier alpha value is -5.38. The number of thiocarbonyl (C=S) groups is 1. The van der Waals surface area contributed by atoms with E-state index in [9.17, 15) is 0 Å². The molecule has 0 radical (unpaired) electrons. The molecule has 9 heteroatoms. The number of nitrogens with one attached hydrogen (secondary N) is 5. The maximum atomic E-state index is 5.62. The number of para-hydroxylation sites is 2.